The molecule has 1 N–H and O–H groups in total. The van der Waals surface area contributed by atoms with E-state index in [0.717, 1.165) is 31.4 Å². The van der Waals surface area contributed by atoms with E-state index in [4.69, 9.17) is 5.11 Å². The number of allylic oxidation sites excluding steroid dienone is 5. The van der Waals surface area contributed by atoms with Gasteiger partial charge in [-0.1, -0.05) is 34.9 Å². The second kappa shape index (κ2) is 11.7. The molecule has 1 unspecified atom stereocenters. The molecule has 0 aliphatic heterocycles. The molecular formula is C18H30O2S. The van der Waals surface area contributed by atoms with E-state index >= 15 is 0 Å². The minimum Gasteiger partial charge on any atom is -0.480 e. The van der Waals surface area contributed by atoms with E-state index in [-0.39, 0.29) is 5.25 Å². The molecule has 0 saturated carbocycles. The van der Waals surface area contributed by atoms with Gasteiger partial charge < -0.3 is 5.11 Å². The Kier molecular flexibility index (Phi) is 11.1. The second-order valence-corrected chi connectivity index (χ2v) is 7.15. The maximum Gasteiger partial charge on any atom is 0.316 e. The first-order valence-electron chi connectivity index (χ1n) is 7.62. The van der Waals surface area contributed by atoms with E-state index in [1.165, 1.54) is 28.5 Å². The molecule has 0 rings (SSSR count). The van der Waals surface area contributed by atoms with Crippen molar-refractivity contribution in [3.05, 3.63) is 34.9 Å². The minimum absolute atomic E-state index is 0.328. The zero-order valence-corrected chi connectivity index (χ0v) is 14.9. The summed E-state index contributed by atoms with van der Waals surface area (Å²) in [4.78, 5) is 10.7. The molecular weight excluding hydrogens is 280 g/mol. The molecule has 21 heavy (non-hydrogen) atoms. The van der Waals surface area contributed by atoms with Crippen LogP contribution < -0.4 is 0 Å². The summed E-state index contributed by atoms with van der Waals surface area (Å²) in [7, 11) is 0. The Morgan fingerprint density at radius 1 is 1.00 bits per heavy atom. The number of thioether (sulfide) groups is 1. The topological polar surface area (TPSA) is 37.3 Å². The van der Waals surface area contributed by atoms with Crippen LogP contribution in [0.1, 0.15) is 60.3 Å². The second-order valence-electron chi connectivity index (χ2n) is 5.77. The first-order valence-corrected chi connectivity index (χ1v) is 8.66. The van der Waals surface area contributed by atoms with Crippen LogP contribution in [0.15, 0.2) is 34.9 Å². The third kappa shape index (κ3) is 12.5. The van der Waals surface area contributed by atoms with E-state index in [1.54, 1.807) is 6.92 Å². The lowest BCUT2D eigenvalue weighted by Gasteiger charge is -2.04. The molecule has 0 fully saturated rings. The number of hydrogen-bond acceptors (Lipinski definition) is 2. The third-order valence-electron chi connectivity index (χ3n) is 3.25. The van der Waals surface area contributed by atoms with Crippen molar-refractivity contribution in [3.8, 4) is 0 Å². The molecule has 0 bridgehead atoms. The summed E-state index contributed by atoms with van der Waals surface area (Å²) in [5.74, 6) is 0.0451. The van der Waals surface area contributed by atoms with Crippen LogP contribution >= 0.6 is 11.8 Å². The SMILES string of the molecule is CC(C)=CCCC(C)=CCCC(C)=CCSC(C)C(=O)O. The van der Waals surface area contributed by atoms with Crippen LogP contribution in [-0.2, 0) is 4.79 Å². The molecule has 0 aliphatic carbocycles. The van der Waals surface area contributed by atoms with Gasteiger partial charge in [-0.25, -0.2) is 0 Å². The number of rotatable bonds is 10. The molecule has 0 aliphatic rings. The molecule has 0 amide bonds. The minimum atomic E-state index is -0.735. The van der Waals surface area contributed by atoms with Crippen molar-refractivity contribution >= 4 is 17.7 Å². The fourth-order valence-corrected chi connectivity index (χ4v) is 2.56. The van der Waals surface area contributed by atoms with Crippen LogP contribution in [0.4, 0.5) is 0 Å². The van der Waals surface area contributed by atoms with Gasteiger partial charge in [0.1, 0.15) is 0 Å². The van der Waals surface area contributed by atoms with Crippen molar-refractivity contribution in [1.82, 2.24) is 0 Å². The Balaban J connectivity index is 3.93. The Morgan fingerprint density at radius 3 is 2.05 bits per heavy atom. The Labute approximate surface area is 134 Å². The molecule has 0 spiro atoms. The largest absolute Gasteiger partial charge is 0.480 e. The molecule has 0 aromatic rings. The fraction of sp³-hybridized carbons (Fsp3) is 0.611. The van der Waals surface area contributed by atoms with Gasteiger partial charge in [-0.05, 0) is 60.3 Å². The molecule has 0 radical (unpaired) electrons. The highest BCUT2D eigenvalue weighted by atomic mass is 32.2. The van der Waals surface area contributed by atoms with Gasteiger partial charge in [0.25, 0.3) is 0 Å². The van der Waals surface area contributed by atoms with Gasteiger partial charge in [0.2, 0.25) is 0 Å². The summed E-state index contributed by atoms with van der Waals surface area (Å²) in [5.41, 5.74) is 4.18. The maximum atomic E-state index is 10.7. The first-order chi connectivity index (χ1) is 9.82. The lowest BCUT2D eigenvalue weighted by molar-refractivity contribution is -0.136. The van der Waals surface area contributed by atoms with E-state index in [2.05, 4.69) is 45.9 Å². The van der Waals surface area contributed by atoms with Crippen LogP contribution in [0.2, 0.25) is 0 Å². The standard InChI is InChI=1S/C18H30O2S/c1-14(2)8-6-9-15(3)10-7-11-16(4)12-13-21-17(5)18(19)20/h8,10,12,17H,6-7,9,11,13H2,1-5H3,(H,19,20). The van der Waals surface area contributed by atoms with Crippen LogP contribution in [0.25, 0.3) is 0 Å². The van der Waals surface area contributed by atoms with Gasteiger partial charge in [-0.3, -0.25) is 4.79 Å². The lowest BCUT2D eigenvalue weighted by atomic mass is 10.1. The molecule has 120 valence electrons. The predicted octanol–water partition coefficient (Wildman–Crippen LogP) is 5.61. The van der Waals surface area contributed by atoms with Gasteiger partial charge in [0.05, 0.1) is 5.25 Å². The molecule has 1 atom stereocenters. The highest BCUT2D eigenvalue weighted by molar-refractivity contribution is 8.00. The van der Waals surface area contributed by atoms with Crippen LogP contribution in [0, 0.1) is 0 Å². The number of hydrogen-bond donors (Lipinski definition) is 1. The van der Waals surface area contributed by atoms with E-state index in [1.807, 2.05) is 0 Å². The molecule has 3 heteroatoms. The average molecular weight is 311 g/mol. The predicted molar refractivity (Wildman–Crippen MR) is 95.0 cm³/mol. The van der Waals surface area contributed by atoms with E-state index < -0.39 is 5.97 Å². The van der Waals surface area contributed by atoms with E-state index in [0.29, 0.717) is 0 Å². The van der Waals surface area contributed by atoms with Crippen LogP contribution in [-0.4, -0.2) is 22.1 Å². The monoisotopic (exact) mass is 310 g/mol. The molecule has 0 heterocycles. The number of aliphatic carboxylic acids is 1. The van der Waals surface area contributed by atoms with Gasteiger partial charge in [0.15, 0.2) is 0 Å². The normalized spacial score (nSPS) is 14.0. The highest BCUT2D eigenvalue weighted by Crippen LogP contribution is 2.14. The summed E-state index contributed by atoms with van der Waals surface area (Å²) >= 11 is 1.47. The summed E-state index contributed by atoms with van der Waals surface area (Å²) in [6.45, 7) is 10.3. The quantitative estimate of drug-likeness (QED) is 0.533. The average Bonchev–Trinajstić information content (AvgIpc) is 2.37. The van der Waals surface area contributed by atoms with Gasteiger partial charge in [0, 0.05) is 5.75 Å². The molecule has 2 nitrogen and oxygen atoms in total. The first kappa shape index (κ1) is 20.0. The van der Waals surface area contributed by atoms with Crippen LogP contribution in [0.3, 0.4) is 0 Å². The highest BCUT2D eigenvalue weighted by Gasteiger charge is 2.09. The summed E-state index contributed by atoms with van der Waals surface area (Å²) in [6, 6.07) is 0. The van der Waals surface area contributed by atoms with Crippen molar-refractivity contribution < 1.29 is 9.90 Å². The maximum absolute atomic E-state index is 10.7. The van der Waals surface area contributed by atoms with Crippen molar-refractivity contribution in [2.45, 2.75) is 65.6 Å². The summed E-state index contributed by atoms with van der Waals surface area (Å²) in [6.07, 6.45) is 11.1. The van der Waals surface area contributed by atoms with Crippen molar-refractivity contribution in [2.75, 3.05) is 5.75 Å². The number of carbonyl (C=O) groups is 1. The fourth-order valence-electron chi connectivity index (χ4n) is 1.74. The molecule has 0 aromatic heterocycles. The summed E-state index contributed by atoms with van der Waals surface area (Å²) in [5, 5.41) is 8.47. The van der Waals surface area contributed by atoms with Crippen molar-refractivity contribution in [3.63, 3.8) is 0 Å². The Hall–Kier alpha value is -0.960. The number of carboxylic acids is 1. The Morgan fingerprint density at radius 2 is 1.52 bits per heavy atom. The smallest absolute Gasteiger partial charge is 0.316 e. The summed E-state index contributed by atoms with van der Waals surface area (Å²) < 4.78 is 0. The van der Waals surface area contributed by atoms with Crippen LogP contribution in [0.5, 0.6) is 0 Å². The zero-order chi connectivity index (χ0) is 16.3. The van der Waals surface area contributed by atoms with Gasteiger partial charge >= 0.3 is 5.97 Å². The van der Waals surface area contributed by atoms with E-state index in [9.17, 15) is 4.79 Å². The van der Waals surface area contributed by atoms with Gasteiger partial charge in [-0.2, -0.15) is 0 Å². The molecule has 0 saturated heterocycles. The van der Waals surface area contributed by atoms with Crippen molar-refractivity contribution in [2.24, 2.45) is 0 Å². The van der Waals surface area contributed by atoms with Crippen molar-refractivity contribution in [1.29, 1.82) is 0 Å². The van der Waals surface area contributed by atoms with Gasteiger partial charge in [-0.15, -0.1) is 11.8 Å². The molecule has 0 aromatic carbocycles. The third-order valence-corrected chi connectivity index (χ3v) is 4.31. The zero-order valence-electron chi connectivity index (χ0n) is 14.1. The number of carboxylic acid groups (broad SMARTS) is 1. The lowest BCUT2D eigenvalue weighted by Crippen LogP contribution is -2.11. The Bertz CT molecular complexity index is 401.